The number of anilines is 2. The van der Waals surface area contributed by atoms with Crippen LogP contribution in [0.1, 0.15) is 25.3 Å². The Hall–Kier alpha value is -1.69. The molecule has 0 radical (unpaired) electrons. The van der Waals surface area contributed by atoms with E-state index in [9.17, 15) is 0 Å². The molecule has 0 bridgehead atoms. The van der Waals surface area contributed by atoms with Gasteiger partial charge in [0.15, 0.2) is 0 Å². The van der Waals surface area contributed by atoms with Crippen LogP contribution < -0.4 is 10.6 Å². The van der Waals surface area contributed by atoms with Gasteiger partial charge in [0, 0.05) is 17.9 Å². The molecule has 1 heterocycles. The number of nitrogen functional groups attached to an aromatic ring is 1. The van der Waals surface area contributed by atoms with E-state index in [0.29, 0.717) is 0 Å². The third kappa shape index (κ3) is 1.83. The number of aryl methyl sites for hydroxylation is 1. The van der Waals surface area contributed by atoms with Crippen LogP contribution in [0.5, 0.6) is 0 Å². The molecule has 16 heavy (non-hydrogen) atoms. The molecule has 2 rings (SSSR count). The number of benzene rings is 1. The van der Waals surface area contributed by atoms with Gasteiger partial charge < -0.3 is 10.6 Å². The highest BCUT2D eigenvalue weighted by Crippen LogP contribution is 2.31. The summed E-state index contributed by atoms with van der Waals surface area (Å²) in [5.74, 6) is 0. The second-order valence-electron chi connectivity index (χ2n) is 4.24. The highest BCUT2D eigenvalue weighted by atomic mass is 15.2. The molecule has 3 nitrogen and oxygen atoms in total. The molecule has 0 aliphatic carbocycles. The molecule has 0 fully saturated rings. The second kappa shape index (κ2) is 4.44. The largest absolute Gasteiger partial charge is 0.399 e. The number of hydrogen-bond donors (Lipinski definition) is 1. The van der Waals surface area contributed by atoms with Crippen LogP contribution in [0.4, 0.5) is 11.4 Å². The minimum absolute atomic E-state index is 0.0270. The number of nitriles is 1. The number of nitrogens with two attached hydrogens (primary N) is 1. The van der Waals surface area contributed by atoms with Crippen molar-refractivity contribution in [1.82, 2.24) is 0 Å². The average Bonchev–Trinajstić information content (AvgIpc) is 2.31. The Bertz CT molecular complexity index is 420. The van der Waals surface area contributed by atoms with Crippen molar-refractivity contribution in [3.05, 3.63) is 23.8 Å². The molecule has 0 saturated carbocycles. The molecule has 1 aliphatic heterocycles. The summed E-state index contributed by atoms with van der Waals surface area (Å²) < 4.78 is 0. The van der Waals surface area contributed by atoms with Gasteiger partial charge in [0.05, 0.1) is 6.07 Å². The summed E-state index contributed by atoms with van der Waals surface area (Å²) in [7, 11) is 0. The molecule has 0 spiro atoms. The van der Waals surface area contributed by atoms with Crippen molar-refractivity contribution in [2.24, 2.45) is 0 Å². The molecule has 2 N–H and O–H groups in total. The number of fused-ring (bicyclic) bond motifs is 1. The van der Waals surface area contributed by atoms with E-state index in [-0.39, 0.29) is 6.04 Å². The predicted octanol–water partition coefficient (Wildman–Crippen LogP) is 2.32. The van der Waals surface area contributed by atoms with Crippen molar-refractivity contribution < 1.29 is 0 Å². The van der Waals surface area contributed by atoms with Gasteiger partial charge in [0.2, 0.25) is 0 Å². The van der Waals surface area contributed by atoms with Gasteiger partial charge in [-0.25, -0.2) is 0 Å². The highest BCUT2D eigenvalue weighted by Gasteiger charge is 2.22. The van der Waals surface area contributed by atoms with Gasteiger partial charge in [0.25, 0.3) is 0 Å². The molecule has 84 valence electrons. The quantitative estimate of drug-likeness (QED) is 0.770. The van der Waals surface area contributed by atoms with Crippen LogP contribution in [0.25, 0.3) is 0 Å². The molecule has 0 amide bonds. The van der Waals surface area contributed by atoms with Gasteiger partial charge in [0.1, 0.15) is 6.04 Å². The van der Waals surface area contributed by atoms with E-state index in [1.165, 1.54) is 5.56 Å². The first-order valence-corrected chi connectivity index (χ1v) is 5.81. The molecule has 3 heteroatoms. The monoisotopic (exact) mass is 215 g/mol. The van der Waals surface area contributed by atoms with Crippen LogP contribution in [0.3, 0.4) is 0 Å². The molecule has 1 unspecified atom stereocenters. The van der Waals surface area contributed by atoms with Crippen LogP contribution in [-0.2, 0) is 6.42 Å². The summed E-state index contributed by atoms with van der Waals surface area (Å²) >= 11 is 0. The summed E-state index contributed by atoms with van der Waals surface area (Å²) in [6.45, 7) is 3.01. The minimum Gasteiger partial charge on any atom is -0.399 e. The number of nitrogens with zero attached hydrogens (tertiary/aromatic N) is 2. The lowest BCUT2D eigenvalue weighted by molar-refractivity contribution is 0.623. The van der Waals surface area contributed by atoms with Gasteiger partial charge in [-0.05, 0) is 37.0 Å². The Balaban J connectivity index is 2.39. The normalized spacial score (nSPS) is 16.4. The minimum atomic E-state index is -0.0270. The van der Waals surface area contributed by atoms with E-state index in [2.05, 4.69) is 24.0 Å². The molecule has 1 atom stereocenters. The Morgan fingerprint density at radius 3 is 3.06 bits per heavy atom. The van der Waals surface area contributed by atoms with Crippen LogP contribution in [-0.4, -0.2) is 12.6 Å². The number of hydrogen-bond acceptors (Lipinski definition) is 3. The second-order valence-corrected chi connectivity index (χ2v) is 4.24. The lowest BCUT2D eigenvalue weighted by atomic mass is 9.99. The van der Waals surface area contributed by atoms with Gasteiger partial charge in [-0.1, -0.05) is 13.0 Å². The zero-order valence-electron chi connectivity index (χ0n) is 9.61. The van der Waals surface area contributed by atoms with E-state index >= 15 is 0 Å². The van der Waals surface area contributed by atoms with E-state index in [1.807, 2.05) is 12.1 Å². The van der Waals surface area contributed by atoms with Gasteiger partial charge in [-0.2, -0.15) is 5.26 Å². The third-order valence-corrected chi connectivity index (χ3v) is 3.18. The van der Waals surface area contributed by atoms with Gasteiger partial charge >= 0.3 is 0 Å². The first kappa shape index (κ1) is 10.8. The Morgan fingerprint density at radius 1 is 1.56 bits per heavy atom. The smallest absolute Gasteiger partial charge is 0.116 e. The van der Waals surface area contributed by atoms with Crippen LogP contribution >= 0.6 is 0 Å². The number of rotatable bonds is 2. The summed E-state index contributed by atoms with van der Waals surface area (Å²) in [5.41, 5.74) is 9.06. The van der Waals surface area contributed by atoms with Crippen LogP contribution in [0, 0.1) is 11.3 Å². The SMILES string of the molecule is CCC(C#N)N1CCCc2ccc(N)cc21. The molecular formula is C13H17N3. The average molecular weight is 215 g/mol. The fraction of sp³-hybridized carbons (Fsp3) is 0.462. The van der Waals surface area contributed by atoms with Crippen molar-refractivity contribution in [3.63, 3.8) is 0 Å². The van der Waals surface area contributed by atoms with E-state index in [1.54, 1.807) is 0 Å². The lowest BCUT2D eigenvalue weighted by Crippen LogP contribution is -2.37. The van der Waals surface area contributed by atoms with Crippen molar-refractivity contribution >= 4 is 11.4 Å². The van der Waals surface area contributed by atoms with E-state index in [4.69, 9.17) is 11.0 Å². The van der Waals surface area contributed by atoms with Crippen molar-refractivity contribution in [1.29, 1.82) is 5.26 Å². The zero-order chi connectivity index (χ0) is 11.5. The topological polar surface area (TPSA) is 53.0 Å². The van der Waals surface area contributed by atoms with Gasteiger partial charge in [-0.15, -0.1) is 0 Å². The standard InChI is InChI=1S/C13H17N3/c1-2-12(9-14)16-7-3-4-10-5-6-11(15)8-13(10)16/h5-6,8,12H,2-4,7,15H2,1H3. The molecule has 0 aromatic heterocycles. The highest BCUT2D eigenvalue weighted by molar-refractivity contribution is 5.63. The summed E-state index contributed by atoms with van der Waals surface area (Å²) in [6, 6.07) is 8.36. The molecule has 1 aromatic carbocycles. The Labute approximate surface area is 96.5 Å². The molecular weight excluding hydrogens is 198 g/mol. The maximum absolute atomic E-state index is 9.15. The third-order valence-electron chi connectivity index (χ3n) is 3.18. The summed E-state index contributed by atoms with van der Waals surface area (Å²) in [4.78, 5) is 2.19. The van der Waals surface area contributed by atoms with Crippen molar-refractivity contribution in [2.75, 3.05) is 17.2 Å². The van der Waals surface area contributed by atoms with E-state index < -0.39 is 0 Å². The fourth-order valence-electron chi connectivity index (χ4n) is 2.33. The molecule has 0 saturated heterocycles. The van der Waals surface area contributed by atoms with Crippen molar-refractivity contribution in [3.8, 4) is 6.07 Å². The fourth-order valence-corrected chi connectivity index (χ4v) is 2.33. The first-order chi connectivity index (χ1) is 7.76. The van der Waals surface area contributed by atoms with Crippen LogP contribution in [0.15, 0.2) is 18.2 Å². The maximum atomic E-state index is 9.15. The summed E-state index contributed by atoms with van der Waals surface area (Å²) in [5, 5.41) is 9.15. The first-order valence-electron chi connectivity index (χ1n) is 5.81. The molecule has 1 aromatic rings. The summed E-state index contributed by atoms with van der Waals surface area (Å²) in [6.07, 6.45) is 3.06. The van der Waals surface area contributed by atoms with Gasteiger partial charge in [-0.3, -0.25) is 0 Å². The Morgan fingerprint density at radius 2 is 2.38 bits per heavy atom. The maximum Gasteiger partial charge on any atom is 0.116 e. The van der Waals surface area contributed by atoms with Crippen LogP contribution in [0.2, 0.25) is 0 Å². The zero-order valence-corrected chi connectivity index (χ0v) is 9.61. The predicted molar refractivity (Wildman–Crippen MR) is 66.2 cm³/mol. The lowest BCUT2D eigenvalue weighted by Gasteiger charge is -2.34. The Kier molecular flexibility index (Phi) is 3.00. The van der Waals surface area contributed by atoms with Crippen molar-refractivity contribution in [2.45, 2.75) is 32.2 Å². The van der Waals surface area contributed by atoms with E-state index in [0.717, 1.165) is 37.2 Å². The molecule has 1 aliphatic rings.